The van der Waals surface area contributed by atoms with Gasteiger partial charge in [0.25, 0.3) is 0 Å². The summed E-state index contributed by atoms with van der Waals surface area (Å²) in [5.74, 6) is 1.06. The molecule has 1 saturated heterocycles. The molecule has 3 heterocycles. The average molecular weight is 377 g/mol. The molecule has 0 atom stereocenters. The van der Waals surface area contributed by atoms with Gasteiger partial charge in [0.1, 0.15) is 5.82 Å². The van der Waals surface area contributed by atoms with Gasteiger partial charge in [0.2, 0.25) is 5.91 Å². The van der Waals surface area contributed by atoms with E-state index in [-0.39, 0.29) is 5.91 Å². The molecule has 0 aliphatic carbocycles. The summed E-state index contributed by atoms with van der Waals surface area (Å²) in [5, 5.41) is 9.64. The number of hydrogen-bond acceptors (Lipinski definition) is 6. The second-order valence-electron chi connectivity index (χ2n) is 6.85. The van der Waals surface area contributed by atoms with Gasteiger partial charge in [0.05, 0.1) is 18.1 Å². The molecule has 2 aromatic heterocycles. The molecular formula is C18H28N6OS. The number of piperidine rings is 1. The first-order chi connectivity index (χ1) is 12.6. The molecule has 2 aromatic rings. The SMILES string of the molecule is CCC(=O)NCCn1ncc2c(N3CCCCC3)nc(SC(C)C)nc21. The maximum absolute atomic E-state index is 11.5. The van der Waals surface area contributed by atoms with Crippen molar-refractivity contribution >= 4 is 34.5 Å². The van der Waals surface area contributed by atoms with Crippen LogP contribution in [0.3, 0.4) is 0 Å². The van der Waals surface area contributed by atoms with E-state index in [4.69, 9.17) is 9.97 Å². The molecule has 0 unspecified atom stereocenters. The van der Waals surface area contributed by atoms with Crippen molar-refractivity contribution in [1.29, 1.82) is 0 Å². The number of thioether (sulfide) groups is 1. The Morgan fingerprint density at radius 3 is 2.73 bits per heavy atom. The summed E-state index contributed by atoms with van der Waals surface area (Å²) in [7, 11) is 0. The second kappa shape index (κ2) is 8.70. The van der Waals surface area contributed by atoms with Crippen LogP contribution >= 0.6 is 11.8 Å². The van der Waals surface area contributed by atoms with Crippen molar-refractivity contribution in [3.63, 3.8) is 0 Å². The van der Waals surface area contributed by atoms with Crippen molar-refractivity contribution in [3.05, 3.63) is 6.20 Å². The van der Waals surface area contributed by atoms with Gasteiger partial charge in [-0.3, -0.25) is 4.79 Å². The van der Waals surface area contributed by atoms with E-state index in [1.165, 1.54) is 19.3 Å². The first-order valence-electron chi connectivity index (χ1n) is 9.50. The third-order valence-electron chi connectivity index (χ3n) is 4.42. The van der Waals surface area contributed by atoms with Crippen molar-refractivity contribution < 1.29 is 4.79 Å². The summed E-state index contributed by atoms with van der Waals surface area (Å²) in [6.07, 6.45) is 6.06. The topological polar surface area (TPSA) is 75.9 Å². The minimum atomic E-state index is 0.0566. The summed E-state index contributed by atoms with van der Waals surface area (Å²) in [5.41, 5.74) is 0.856. The summed E-state index contributed by atoms with van der Waals surface area (Å²) >= 11 is 1.68. The van der Waals surface area contributed by atoms with Gasteiger partial charge in [-0.05, 0) is 19.3 Å². The number of nitrogens with one attached hydrogen (secondary N) is 1. The van der Waals surface area contributed by atoms with Gasteiger partial charge in [-0.15, -0.1) is 0 Å². The number of carbonyl (C=O) groups excluding carboxylic acids is 1. The Hall–Kier alpha value is -1.83. The van der Waals surface area contributed by atoms with E-state index >= 15 is 0 Å². The molecule has 1 aliphatic heterocycles. The molecule has 1 amide bonds. The lowest BCUT2D eigenvalue weighted by Crippen LogP contribution is -2.30. The van der Waals surface area contributed by atoms with E-state index < -0.39 is 0 Å². The fourth-order valence-corrected chi connectivity index (χ4v) is 3.82. The van der Waals surface area contributed by atoms with Gasteiger partial charge < -0.3 is 10.2 Å². The molecule has 0 bridgehead atoms. The third-order valence-corrected chi connectivity index (χ3v) is 5.28. The fraction of sp³-hybridized carbons (Fsp3) is 0.667. The third kappa shape index (κ3) is 4.47. The van der Waals surface area contributed by atoms with E-state index in [2.05, 4.69) is 29.2 Å². The van der Waals surface area contributed by atoms with Crippen LogP contribution in [-0.4, -0.2) is 50.5 Å². The minimum absolute atomic E-state index is 0.0566. The monoisotopic (exact) mass is 376 g/mol. The lowest BCUT2D eigenvalue weighted by Gasteiger charge is -2.28. The molecule has 1 fully saturated rings. The van der Waals surface area contributed by atoms with Crippen molar-refractivity contribution in [3.8, 4) is 0 Å². The van der Waals surface area contributed by atoms with E-state index in [0.29, 0.717) is 24.8 Å². The number of fused-ring (bicyclic) bond motifs is 1. The van der Waals surface area contributed by atoms with Crippen LogP contribution in [0.4, 0.5) is 5.82 Å². The van der Waals surface area contributed by atoms with Crippen molar-refractivity contribution in [2.75, 3.05) is 24.5 Å². The van der Waals surface area contributed by atoms with Crippen molar-refractivity contribution in [1.82, 2.24) is 25.1 Å². The first kappa shape index (κ1) is 18.9. The van der Waals surface area contributed by atoms with Gasteiger partial charge in [-0.2, -0.15) is 5.10 Å². The summed E-state index contributed by atoms with van der Waals surface area (Å²) in [4.78, 5) is 23.4. The molecule has 26 heavy (non-hydrogen) atoms. The smallest absolute Gasteiger partial charge is 0.219 e. The molecule has 1 N–H and O–H groups in total. The summed E-state index contributed by atoms with van der Waals surface area (Å²) in [6.45, 7) is 9.39. The number of rotatable bonds is 7. The Morgan fingerprint density at radius 1 is 1.27 bits per heavy atom. The van der Waals surface area contributed by atoms with Crippen molar-refractivity contribution in [2.24, 2.45) is 0 Å². The van der Waals surface area contributed by atoms with Gasteiger partial charge in [-0.25, -0.2) is 14.6 Å². The Balaban J connectivity index is 1.91. The molecular weight excluding hydrogens is 348 g/mol. The van der Waals surface area contributed by atoms with E-state index in [1.807, 2.05) is 17.8 Å². The molecule has 142 valence electrons. The molecule has 7 nitrogen and oxygen atoms in total. The molecule has 0 radical (unpaired) electrons. The standard InChI is InChI=1S/C18H28N6OS/c1-4-15(25)19-8-11-24-17-14(12-20-24)16(23-9-6-5-7-10-23)21-18(22-17)26-13(2)3/h12-13H,4-11H2,1-3H3,(H,19,25). The quantitative estimate of drug-likeness (QED) is 0.591. The molecule has 0 aromatic carbocycles. The zero-order chi connectivity index (χ0) is 18.5. The Kier molecular flexibility index (Phi) is 6.34. The Labute approximate surface area is 158 Å². The first-order valence-corrected chi connectivity index (χ1v) is 10.4. The maximum Gasteiger partial charge on any atom is 0.219 e. The number of nitrogens with zero attached hydrogens (tertiary/aromatic N) is 5. The van der Waals surface area contributed by atoms with Crippen LogP contribution in [0, 0.1) is 0 Å². The lowest BCUT2D eigenvalue weighted by atomic mass is 10.1. The summed E-state index contributed by atoms with van der Waals surface area (Å²) < 4.78 is 1.88. The highest BCUT2D eigenvalue weighted by Gasteiger charge is 2.20. The Morgan fingerprint density at radius 2 is 2.04 bits per heavy atom. The largest absolute Gasteiger partial charge is 0.356 e. The maximum atomic E-state index is 11.5. The molecule has 3 rings (SSSR count). The number of aromatic nitrogens is 4. The molecule has 0 spiro atoms. The van der Waals surface area contributed by atoms with E-state index in [0.717, 1.165) is 35.1 Å². The van der Waals surface area contributed by atoms with Crippen LogP contribution in [0.25, 0.3) is 11.0 Å². The summed E-state index contributed by atoms with van der Waals surface area (Å²) in [6, 6.07) is 0. The number of amides is 1. The molecule has 1 aliphatic rings. The zero-order valence-electron chi connectivity index (χ0n) is 15.9. The van der Waals surface area contributed by atoms with Gasteiger partial charge in [0.15, 0.2) is 10.8 Å². The van der Waals surface area contributed by atoms with Gasteiger partial charge in [0, 0.05) is 31.3 Å². The number of carbonyl (C=O) groups is 1. The minimum Gasteiger partial charge on any atom is -0.356 e. The van der Waals surface area contributed by atoms with Crippen molar-refractivity contribution in [2.45, 2.75) is 63.4 Å². The lowest BCUT2D eigenvalue weighted by molar-refractivity contribution is -0.120. The van der Waals surface area contributed by atoms with Crippen LogP contribution in [-0.2, 0) is 11.3 Å². The number of hydrogen-bond donors (Lipinski definition) is 1. The predicted molar refractivity (Wildman–Crippen MR) is 106 cm³/mol. The van der Waals surface area contributed by atoms with E-state index in [1.54, 1.807) is 11.8 Å². The van der Waals surface area contributed by atoms with Crippen LogP contribution < -0.4 is 10.2 Å². The van der Waals surface area contributed by atoms with Gasteiger partial charge in [-0.1, -0.05) is 32.5 Å². The van der Waals surface area contributed by atoms with E-state index in [9.17, 15) is 4.79 Å². The van der Waals surface area contributed by atoms with Crippen LogP contribution in [0.2, 0.25) is 0 Å². The predicted octanol–water partition coefficient (Wildman–Crippen LogP) is 2.84. The molecule has 8 heteroatoms. The average Bonchev–Trinajstić information content (AvgIpc) is 3.04. The second-order valence-corrected chi connectivity index (χ2v) is 8.40. The normalized spacial score (nSPS) is 15.0. The molecule has 0 saturated carbocycles. The highest BCUT2D eigenvalue weighted by molar-refractivity contribution is 7.99. The zero-order valence-corrected chi connectivity index (χ0v) is 16.7. The van der Waals surface area contributed by atoms with Crippen LogP contribution in [0.1, 0.15) is 46.5 Å². The van der Waals surface area contributed by atoms with Crippen LogP contribution in [0.15, 0.2) is 11.4 Å². The highest BCUT2D eigenvalue weighted by Crippen LogP contribution is 2.30. The number of anilines is 1. The fourth-order valence-electron chi connectivity index (χ4n) is 3.12. The highest BCUT2D eigenvalue weighted by atomic mass is 32.2. The Bertz CT molecular complexity index is 753. The van der Waals surface area contributed by atoms with Gasteiger partial charge >= 0.3 is 0 Å². The van der Waals surface area contributed by atoms with Crippen LogP contribution in [0.5, 0.6) is 0 Å².